The first-order valence-corrected chi connectivity index (χ1v) is 7.68. The van der Waals surface area contributed by atoms with E-state index in [2.05, 4.69) is 29.4 Å². The van der Waals surface area contributed by atoms with Gasteiger partial charge in [0, 0.05) is 22.2 Å². The molecule has 0 spiro atoms. The maximum atomic E-state index is 11.7. The van der Waals surface area contributed by atoms with E-state index in [1.54, 1.807) is 11.3 Å². The number of nitrogens with zero attached hydrogens (tertiary/aromatic N) is 1. The monoisotopic (exact) mass is 295 g/mol. The number of nitrogens with two attached hydrogens (primary N) is 1. The number of anilines is 1. The fourth-order valence-corrected chi connectivity index (χ4v) is 3.53. The summed E-state index contributed by atoms with van der Waals surface area (Å²) in [6, 6.07) is 4.00. The van der Waals surface area contributed by atoms with Gasteiger partial charge in [0.25, 0.3) is 0 Å². The summed E-state index contributed by atoms with van der Waals surface area (Å²) in [5, 5.41) is 3.45. The van der Waals surface area contributed by atoms with Crippen molar-refractivity contribution in [3.8, 4) is 10.6 Å². The summed E-state index contributed by atoms with van der Waals surface area (Å²) in [5.74, 6) is -0.0855. The first-order valence-electron chi connectivity index (χ1n) is 6.05. The summed E-state index contributed by atoms with van der Waals surface area (Å²) < 4.78 is 0. The minimum Gasteiger partial charge on any atom is -0.327 e. The standard InChI is InChI=1S/C13H17N3OS2/c1-7(14)6-11(17)15-13-16-12(9(3)19-13)10-5-4-8(2)18-10/h4-5,7H,6,14H2,1-3H3,(H,15,16,17). The Balaban J connectivity index is 2.15. The van der Waals surface area contributed by atoms with Crippen LogP contribution in [0.5, 0.6) is 0 Å². The van der Waals surface area contributed by atoms with Gasteiger partial charge in [-0.3, -0.25) is 4.79 Å². The minimum atomic E-state index is -0.138. The van der Waals surface area contributed by atoms with Gasteiger partial charge in [-0.2, -0.15) is 0 Å². The second-order valence-electron chi connectivity index (χ2n) is 4.56. The summed E-state index contributed by atoms with van der Waals surface area (Å²) in [7, 11) is 0. The summed E-state index contributed by atoms with van der Waals surface area (Å²) in [5.41, 5.74) is 6.56. The Labute approximate surface area is 120 Å². The number of thiazole rings is 1. The molecule has 0 aromatic carbocycles. The van der Waals surface area contributed by atoms with Gasteiger partial charge >= 0.3 is 0 Å². The van der Waals surface area contributed by atoms with Crippen molar-refractivity contribution in [2.45, 2.75) is 33.2 Å². The normalized spacial score (nSPS) is 12.4. The number of rotatable bonds is 4. The summed E-state index contributed by atoms with van der Waals surface area (Å²) in [6.45, 7) is 5.90. The van der Waals surface area contributed by atoms with E-state index in [0.717, 1.165) is 15.4 Å². The van der Waals surface area contributed by atoms with Crippen molar-refractivity contribution >= 4 is 33.7 Å². The van der Waals surface area contributed by atoms with Gasteiger partial charge in [0.15, 0.2) is 5.13 Å². The molecule has 1 amide bonds. The third kappa shape index (κ3) is 3.62. The van der Waals surface area contributed by atoms with Crippen LogP contribution in [0, 0.1) is 13.8 Å². The molecule has 2 aromatic heterocycles. The van der Waals surface area contributed by atoms with Crippen LogP contribution in [0.1, 0.15) is 23.1 Å². The molecular weight excluding hydrogens is 278 g/mol. The summed E-state index contributed by atoms with van der Waals surface area (Å²) in [6.07, 6.45) is 0.312. The second kappa shape index (κ2) is 5.81. The number of amides is 1. The molecule has 4 nitrogen and oxygen atoms in total. The number of hydrogen-bond donors (Lipinski definition) is 2. The number of thiophene rings is 1. The molecule has 0 fully saturated rings. The molecule has 1 atom stereocenters. The van der Waals surface area contributed by atoms with Gasteiger partial charge in [-0.25, -0.2) is 4.98 Å². The molecule has 0 bridgehead atoms. The number of aryl methyl sites for hydroxylation is 2. The Kier molecular flexibility index (Phi) is 4.34. The largest absolute Gasteiger partial charge is 0.327 e. The van der Waals surface area contributed by atoms with Crippen molar-refractivity contribution in [2.75, 3.05) is 5.32 Å². The van der Waals surface area contributed by atoms with Crippen molar-refractivity contribution in [1.29, 1.82) is 0 Å². The van der Waals surface area contributed by atoms with Gasteiger partial charge in [-0.1, -0.05) is 0 Å². The number of carbonyl (C=O) groups excluding carboxylic acids is 1. The average Bonchev–Trinajstić information content (AvgIpc) is 2.83. The highest BCUT2D eigenvalue weighted by Crippen LogP contribution is 2.34. The molecule has 2 rings (SSSR count). The Hall–Kier alpha value is -1.24. The Morgan fingerprint density at radius 1 is 1.42 bits per heavy atom. The van der Waals surface area contributed by atoms with E-state index in [1.807, 2.05) is 13.8 Å². The molecule has 2 aromatic rings. The summed E-state index contributed by atoms with van der Waals surface area (Å²) in [4.78, 5) is 19.7. The van der Waals surface area contributed by atoms with Crippen LogP contribution in [-0.4, -0.2) is 16.9 Å². The van der Waals surface area contributed by atoms with Gasteiger partial charge in [-0.05, 0) is 32.9 Å². The van der Waals surface area contributed by atoms with Crippen LogP contribution in [0.3, 0.4) is 0 Å². The smallest absolute Gasteiger partial charge is 0.227 e. The van der Waals surface area contributed by atoms with Crippen molar-refractivity contribution in [1.82, 2.24) is 4.98 Å². The zero-order chi connectivity index (χ0) is 14.0. The Morgan fingerprint density at radius 3 is 2.74 bits per heavy atom. The highest BCUT2D eigenvalue weighted by atomic mass is 32.1. The summed E-state index contributed by atoms with van der Waals surface area (Å²) >= 11 is 3.21. The van der Waals surface area contributed by atoms with E-state index >= 15 is 0 Å². The quantitative estimate of drug-likeness (QED) is 0.910. The lowest BCUT2D eigenvalue weighted by molar-refractivity contribution is -0.116. The number of nitrogens with one attached hydrogen (secondary N) is 1. The van der Waals surface area contributed by atoms with Crippen LogP contribution in [0.2, 0.25) is 0 Å². The molecule has 19 heavy (non-hydrogen) atoms. The molecule has 0 aliphatic rings. The SMILES string of the molecule is Cc1ccc(-c2nc(NC(=O)CC(C)N)sc2C)s1. The lowest BCUT2D eigenvalue weighted by Crippen LogP contribution is -2.23. The predicted octanol–water partition coefficient (Wildman–Crippen LogP) is 3.16. The molecule has 0 saturated carbocycles. The van der Waals surface area contributed by atoms with E-state index in [0.29, 0.717) is 11.6 Å². The highest BCUT2D eigenvalue weighted by molar-refractivity contribution is 7.18. The zero-order valence-corrected chi connectivity index (χ0v) is 12.8. The Bertz CT molecular complexity index is 586. The van der Waals surface area contributed by atoms with E-state index in [9.17, 15) is 4.79 Å². The maximum absolute atomic E-state index is 11.7. The number of carbonyl (C=O) groups is 1. The maximum Gasteiger partial charge on any atom is 0.227 e. The molecule has 0 aliphatic carbocycles. The molecule has 102 valence electrons. The third-order valence-corrected chi connectivity index (χ3v) is 4.42. The van der Waals surface area contributed by atoms with E-state index in [4.69, 9.17) is 5.73 Å². The van der Waals surface area contributed by atoms with Crippen LogP contribution in [0.4, 0.5) is 5.13 Å². The number of hydrogen-bond acceptors (Lipinski definition) is 5. The van der Waals surface area contributed by atoms with Crippen LogP contribution < -0.4 is 11.1 Å². The second-order valence-corrected chi connectivity index (χ2v) is 7.05. The van der Waals surface area contributed by atoms with Crippen molar-refractivity contribution in [3.05, 3.63) is 21.9 Å². The van der Waals surface area contributed by atoms with Gasteiger partial charge in [0.05, 0.1) is 10.6 Å². The van der Waals surface area contributed by atoms with Crippen LogP contribution in [0.15, 0.2) is 12.1 Å². The van der Waals surface area contributed by atoms with E-state index in [1.165, 1.54) is 16.2 Å². The third-order valence-electron chi connectivity index (χ3n) is 2.52. The molecule has 1 unspecified atom stereocenters. The van der Waals surface area contributed by atoms with Crippen molar-refractivity contribution in [3.63, 3.8) is 0 Å². The molecular formula is C13H17N3OS2. The molecule has 6 heteroatoms. The van der Waals surface area contributed by atoms with E-state index in [-0.39, 0.29) is 11.9 Å². The molecule has 0 radical (unpaired) electrons. The predicted molar refractivity (Wildman–Crippen MR) is 81.8 cm³/mol. The minimum absolute atomic E-state index is 0.0855. The molecule has 0 saturated heterocycles. The van der Waals surface area contributed by atoms with Crippen LogP contribution in [-0.2, 0) is 4.79 Å². The van der Waals surface area contributed by atoms with Crippen molar-refractivity contribution < 1.29 is 4.79 Å². The number of aromatic nitrogens is 1. The molecule has 2 heterocycles. The van der Waals surface area contributed by atoms with Crippen molar-refractivity contribution in [2.24, 2.45) is 5.73 Å². The molecule has 3 N–H and O–H groups in total. The average molecular weight is 295 g/mol. The topological polar surface area (TPSA) is 68.0 Å². The van der Waals surface area contributed by atoms with Crippen LogP contribution in [0.25, 0.3) is 10.6 Å². The first-order chi connectivity index (χ1) is 8.95. The lowest BCUT2D eigenvalue weighted by Gasteiger charge is -2.03. The fourth-order valence-electron chi connectivity index (χ4n) is 1.70. The van der Waals surface area contributed by atoms with Gasteiger partial charge in [0.2, 0.25) is 5.91 Å². The fraction of sp³-hybridized carbons (Fsp3) is 0.385. The van der Waals surface area contributed by atoms with Gasteiger partial charge < -0.3 is 11.1 Å². The lowest BCUT2D eigenvalue weighted by atomic mass is 10.2. The highest BCUT2D eigenvalue weighted by Gasteiger charge is 2.13. The molecule has 0 aliphatic heterocycles. The Morgan fingerprint density at radius 2 is 2.16 bits per heavy atom. The van der Waals surface area contributed by atoms with Gasteiger partial charge in [-0.15, -0.1) is 22.7 Å². The first kappa shape index (κ1) is 14.2. The van der Waals surface area contributed by atoms with E-state index < -0.39 is 0 Å². The van der Waals surface area contributed by atoms with Gasteiger partial charge in [0.1, 0.15) is 0 Å². The van der Waals surface area contributed by atoms with Crippen LogP contribution >= 0.6 is 22.7 Å². The zero-order valence-electron chi connectivity index (χ0n) is 11.2.